The summed E-state index contributed by atoms with van der Waals surface area (Å²) in [6.07, 6.45) is 3.50. The van der Waals surface area contributed by atoms with Crippen molar-refractivity contribution in [2.45, 2.75) is 25.8 Å². The van der Waals surface area contributed by atoms with Gasteiger partial charge in [-0.1, -0.05) is 54.1 Å². The van der Waals surface area contributed by atoms with E-state index in [1.54, 1.807) is 6.20 Å². The number of halogens is 1. The molecule has 0 saturated heterocycles. The second-order valence-corrected chi connectivity index (χ2v) is 6.18. The molecule has 0 radical (unpaired) electrons. The maximum Gasteiger partial charge on any atom is 0.220 e. The Labute approximate surface area is 151 Å². The molecule has 0 fully saturated rings. The van der Waals surface area contributed by atoms with Gasteiger partial charge in [-0.15, -0.1) is 0 Å². The summed E-state index contributed by atoms with van der Waals surface area (Å²) in [4.78, 5) is 16.2. The number of carbonyl (C=O) groups is 1. The molecule has 1 amide bonds. The van der Waals surface area contributed by atoms with Gasteiger partial charge in [-0.3, -0.25) is 4.79 Å². The predicted molar refractivity (Wildman–Crippen MR) is 98.2 cm³/mol. The summed E-state index contributed by atoms with van der Waals surface area (Å²) in [5, 5.41) is 3.59. The number of nitrogens with one attached hydrogen (secondary N) is 1. The third kappa shape index (κ3) is 5.19. The third-order valence-electron chi connectivity index (χ3n) is 3.81. The number of benzene rings is 2. The van der Waals surface area contributed by atoms with E-state index in [1.165, 1.54) is 0 Å². The number of rotatable bonds is 7. The van der Waals surface area contributed by atoms with Crippen LogP contribution in [-0.2, 0) is 17.8 Å². The summed E-state index contributed by atoms with van der Waals surface area (Å²) < 4.78 is 5.74. The molecule has 1 heterocycles. The zero-order valence-corrected chi connectivity index (χ0v) is 14.5. The molecule has 0 aliphatic heterocycles. The van der Waals surface area contributed by atoms with Gasteiger partial charge in [0.15, 0.2) is 11.7 Å². The van der Waals surface area contributed by atoms with Gasteiger partial charge in [-0.2, -0.15) is 0 Å². The van der Waals surface area contributed by atoms with Crippen LogP contribution >= 0.6 is 11.6 Å². The lowest BCUT2D eigenvalue weighted by Crippen LogP contribution is -2.22. The maximum absolute atomic E-state index is 11.9. The Hall–Kier alpha value is -2.59. The quantitative estimate of drug-likeness (QED) is 0.672. The molecule has 1 N–H and O–H groups in total. The summed E-state index contributed by atoms with van der Waals surface area (Å²) in [7, 11) is 0. The highest BCUT2D eigenvalue weighted by molar-refractivity contribution is 6.30. The normalized spacial score (nSPS) is 10.6. The summed E-state index contributed by atoms with van der Waals surface area (Å²) >= 11 is 5.84. The van der Waals surface area contributed by atoms with Gasteiger partial charge in [0.1, 0.15) is 0 Å². The molecule has 3 rings (SSSR count). The smallest absolute Gasteiger partial charge is 0.220 e. The molecule has 25 heavy (non-hydrogen) atoms. The molecule has 3 aromatic rings. The van der Waals surface area contributed by atoms with E-state index in [9.17, 15) is 4.79 Å². The zero-order valence-electron chi connectivity index (χ0n) is 13.7. The highest BCUT2D eigenvalue weighted by Crippen LogP contribution is 2.20. The van der Waals surface area contributed by atoms with E-state index >= 15 is 0 Å². The van der Waals surface area contributed by atoms with Crippen molar-refractivity contribution in [2.24, 2.45) is 0 Å². The van der Waals surface area contributed by atoms with Crippen LogP contribution in [0.15, 0.2) is 65.2 Å². The molecule has 0 unspecified atom stereocenters. The number of oxazole rings is 1. The Balaban J connectivity index is 1.41. The van der Waals surface area contributed by atoms with Gasteiger partial charge in [-0.05, 0) is 24.1 Å². The Bertz CT molecular complexity index is 813. The number of aryl methyl sites for hydroxylation is 1. The van der Waals surface area contributed by atoms with Crippen molar-refractivity contribution in [1.82, 2.24) is 10.3 Å². The SMILES string of the molecule is O=C(CCCc1ncc(-c2ccccc2)o1)NCc1ccc(Cl)cc1. The van der Waals surface area contributed by atoms with Crippen LogP contribution in [-0.4, -0.2) is 10.9 Å². The summed E-state index contributed by atoms with van der Waals surface area (Å²) in [5.74, 6) is 1.43. The number of aromatic nitrogens is 1. The van der Waals surface area contributed by atoms with E-state index in [-0.39, 0.29) is 5.91 Å². The first-order chi connectivity index (χ1) is 12.2. The fourth-order valence-electron chi connectivity index (χ4n) is 2.45. The van der Waals surface area contributed by atoms with Crippen LogP contribution in [0.1, 0.15) is 24.3 Å². The van der Waals surface area contributed by atoms with Crippen molar-refractivity contribution in [2.75, 3.05) is 0 Å². The van der Waals surface area contributed by atoms with E-state index in [0.29, 0.717) is 36.7 Å². The van der Waals surface area contributed by atoms with Gasteiger partial charge in [0.05, 0.1) is 6.20 Å². The van der Waals surface area contributed by atoms with Crippen molar-refractivity contribution in [1.29, 1.82) is 0 Å². The molecular formula is C20H19ClN2O2. The van der Waals surface area contributed by atoms with Crippen LogP contribution in [0.25, 0.3) is 11.3 Å². The molecule has 0 aliphatic rings. The van der Waals surface area contributed by atoms with Crippen molar-refractivity contribution in [3.63, 3.8) is 0 Å². The van der Waals surface area contributed by atoms with E-state index in [2.05, 4.69) is 10.3 Å². The zero-order chi connectivity index (χ0) is 17.5. The highest BCUT2D eigenvalue weighted by atomic mass is 35.5. The van der Waals surface area contributed by atoms with Crippen molar-refractivity contribution in [3.8, 4) is 11.3 Å². The molecule has 1 aromatic heterocycles. The molecule has 128 valence electrons. The highest BCUT2D eigenvalue weighted by Gasteiger charge is 2.07. The fourth-order valence-corrected chi connectivity index (χ4v) is 2.58. The maximum atomic E-state index is 11.9. The number of hydrogen-bond acceptors (Lipinski definition) is 3. The van der Waals surface area contributed by atoms with Crippen LogP contribution in [0.5, 0.6) is 0 Å². The van der Waals surface area contributed by atoms with Gasteiger partial charge < -0.3 is 9.73 Å². The number of carbonyl (C=O) groups excluding carboxylic acids is 1. The Morgan fingerprint density at radius 3 is 2.60 bits per heavy atom. The van der Waals surface area contributed by atoms with E-state index in [4.69, 9.17) is 16.0 Å². The van der Waals surface area contributed by atoms with Gasteiger partial charge in [0.2, 0.25) is 5.91 Å². The topological polar surface area (TPSA) is 55.1 Å². The van der Waals surface area contributed by atoms with Crippen molar-refractivity contribution < 1.29 is 9.21 Å². The molecule has 0 aliphatic carbocycles. The third-order valence-corrected chi connectivity index (χ3v) is 4.06. The van der Waals surface area contributed by atoms with Gasteiger partial charge in [0.25, 0.3) is 0 Å². The van der Waals surface area contributed by atoms with E-state index < -0.39 is 0 Å². The molecule has 0 saturated carbocycles. The van der Waals surface area contributed by atoms with E-state index in [0.717, 1.165) is 16.9 Å². The first-order valence-corrected chi connectivity index (χ1v) is 8.60. The lowest BCUT2D eigenvalue weighted by Gasteiger charge is -2.05. The molecule has 0 atom stereocenters. The van der Waals surface area contributed by atoms with Crippen molar-refractivity contribution in [3.05, 3.63) is 77.3 Å². The van der Waals surface area contributed by atoms with Gasteiger partial charge >= 0.3 is 0 Å². The first kappa shape index (κ1) is 17.2. The minimum Gasteiger partial charge on any atom is -0.441 e. The predicted octanol–water partition coefficient (Wildman–Crippen LogP) is 4.63. The summed E-state index contributed by atoms with van der Waals surface area (Å²) in [5.41, 5.74) is 2.03. The Morgan fingerprint density at radius 1 is 1.08 bits per heavy atom. The first-order valence-electron chi connectivity index (χ1n) is 8.22. The fraction of sp³-hybridized carbons (Fsp3) is 0.200. The molecule has 2 aromatic carbocycles. The summed E-state index contributed by atoms with van der Waals surface area (Å²) in [6.45, 7) is 0.507. The Kier molecular flexibility index (Phi) is 5.86. The number of amides is 1. The lowest BCUT2D eigenvalue weighted by molar-refractivity contribution is -0.121. The second-order valence-electron chi connectivity index (χ2n) is 5.74. The minimum atomic E-state index is 0.0183. The van der Waals surface area contributed by atoms with Crippen LogP contribution in [0.4, 0.5) is 0 Å². The van der Waals surface area contributed by atoms with Gasteiger partial charge in [0, 0.05) is 30.0 Å². The standard InChI is InChI=1S/C20H19ClN2O2/c21-17-11-9-15(10-12-17)13-22-19(24)7-4-8-20-23-14-18(25-20)16-5-2-1-3-6-16/h1-3,5-6,9-12,14H,4,7-8,13H2,(H,22,24). The lowest BCUT2D eigenvalue weighted by atomic mass is 10.2. The second kappa shape index (κ2) is 8.49. The van der Waals surface area contributed by atoms with Crippen LogP contribution in [0.3, 0.4) is 0 Å². The Morgan fingerprint density at radius 2 is 1.84 bits per heavy atom. The van der Waals surface area contributed by atoms with Crippen LogP contribution < -0.4 is 5.32 Å². The monoisotopic (exact) mass is 354 g/mol. The molecule has 5 heteroatoms. The largest absolute Gasteiger partial charge is 0.441 e. The van der Waals surface area contributed by atoms with Crippen LogP contribution in [0.2, 0.25) is 5.02 Å². The molecule has 4 nitrogen and oxygen atoms in total. The van der Waals surface area contributed by atoms with Crippen LogP contribution in [0, 0.1) is 0 Å². The van der Waals surface area contributed by atoms with E-state index in [1.807, 2.05) is 54.6 Å². The molecular weight excluding hydrogens is 336 g/mol. The van der Waals surface area contributed by atoms with Gasteiger partial charge in [-0.25, -0.2) is 4.98 Å². The number of hydrogen-bond donors (Lipinski definition) is 1. The number of nitrogens with zero attached hydrogens (tertiary/aromatic N) is 1. The summed E-state index contributed by atoms with van der Waals surface area (Å²) in [6, 6.07) is 17.3. The average Bonchev–Trinajstić information content (AvgIpc) is 3.11. The molecule has 0 spiro atoms. The molecule has 0 bridgehead atoms. The average molecular weight is 355 g/mol. The van der Waals surface area contributed by atoms with Crippen molar-refractivity contribution >= 4 is 17.5 Å². The minimum absolute atomic E-state index is 0.0183.